The van der Waals surface area contributed by atoms with Gasteiger partial charge in [-0.3, -0.25) is 14.9 Å². The number of nitrogens with one attached hydrogen (secondary N) is 2. The molecule has 0 radical (unpaired) electrons. The minimum Gasteiger partial charge on any atom is -0.493 e. The summed E-state index contributed by atoms with van der Waals surface area (Å²) >= 11 is 0. The summed E-state index contributed by atoms with van der Waals surface area (Å²) in [7, 11) is 2.67. The van der Waals surface area contributed by atoms with Gasteiger partial charge in [-0.05, 0) is 19.0 Å². The van der Waals surface area contributed by atoms with E-state index in [9.17, 15) is 14.9 Å². The summed E-state index contributed by atoms with van der Waals surface area (Å²) in [6, 6.07) is 2.59. The van der Waals surface area contributed by atoms with Gasteiger partial charge in [-0.25, -0.2) is 0 Å². The first kappa shape index (κ1) is 17.7. The number of nitro groups is 1. The zero-order valence-electron chi connectivity index (χ0n) is 13.0. The quantitative estimate of drug-likeness (QED) is 0.405. The summed E-state index contributed by atoms with van der Waals surface area (Å²) in [5, 5.41) is 16.9. The Kier molecular flexibility index (Phi) is 7.11. The first-order valence-corrected chi connectivity index (χ1v) is 6.94. The average molecular weight is 311 g/mol. The number of amides is 1. The van der Waals surface area contributed by atoms with E-state index < -0.39 is 10.8 Å². The van der Waals surface area contributed by atoms with Gasteiger partial charge in [0.1, 0.15) is 0 Å². The summed E-state index contributed by atoms with van der Waals surface area (Å²) in [6.45, 7) is 3.99. The van der Waals surface area contributed by atoms with Crippen LogP contribution >= 0.6 is 0 Å². The van der Waals surface area contributed by atoms with E-state index in [1.54, 1.807) is 0 Å². The lowest BCUT2D eigenvalue weighted by molar-refractivity contribution is -0.385. The largest absolute Gasteiger partial charge is 0.493 e. The third kappa shape index (κ3) is 4.59. The highest BCUT2D eigenvalue weighted by Gasteiger charge is 2.23. The summed E-state index contributed by atoms with van der Waals surface area (Å²) in [5.41, 5.74) is -0.157. The lowest BCUT2D eigenvalue weighted by atomic mass is 10.1. The predicted octanol–water partition coefficient (Wildman–Crippen LogP) is 1.34. The van der Waals surface area contributed by atoms with Crippen LogP contribution in [0.3, 0.4) is 0 Å². The van der Waals surface area contributed by atoms with E-state index in [0.29, 0.717) is 13.1 Å². The van der Waals surface area contributed by atoms with Gasteiger partial charge in [0, 0.05) is 19.2 Å². The van der Waals surface area contributed by atoms with Crippen LogP contribution in [0.1, 0.15) is 23.7 Å². The molecule has 0 aromatic heterocycles. The predicted molar refractivity (Wildman–Crippen MR) is 81.7 cm³/mol. The molecule has 1 aromatic rings. The summed E-state index contributed by atoms with van der Waals surface area (Å²) < 4.78 is 10.0. The molecule has 8 nitrogen and oxygen atoms in total. The Morgan fingerprint density at radius 1 is 1.23 bits per heavy atom. The van der Waals surface area contributed by atoms with Gasteiger partial charge in [-0.2, -0.15) is 0 Å². The fraction of sp³-hybridized carbons (Fsp3) is 0.500. The maximum atomic E-state index is 12.1. The number of carbonyl (C=O) groups excluding carboxylic acids is 1. The van der Waals surface area contributed by atoms with Crippen LogP contribution in [0.2, 0.25) is 0 Å². The van der Waals surface area contributed by atoms with E-state index >= 15 is 0 Å². The van der Waals surface area contributed by atoms with Gasteiger partial charge >= 0.3 is 5.69 Å². The Morgan fingerprint density at radius 2 is 1.95 bits per heavy atom. The van der Waals surface area contributed by atoms with Crippen LogP contribution in [-0.2, 0) is 0 Å². The van der Waals surface area contributed by atoms with Crippen molar-refractivity contribution < 1.29 is 19.2 Å². The molecular formula is C14H21N3O5. The van der Waals surface area contributed by atoms with Gasteiger partial charge in [-0.1, -0.05) is 6.92 Å². The minimum absolute atomic E-state index is 0.00587. The van der Waals surface area contributed by atoms with Gasteiger partial charge in [0.15, 0.2) is 5.75 Å². The van der Waals surface area contributed by atoms with Gasteiger partial charge in [0.05, 0.1) is 24.7 Å². The van der Waals surface area contributed by atoms with Crippen LogP contribution in [0.25, 0.3) is 0 Å². The second-order valence-electron chi connectivity index (χ2n) is 4.49. The molecule has 0 unspecified atom stereocenters. The zero-order valence-corrected chi connectivity index (χ0v) is 13.0. The van der Waals surface area contributed by atoms with Crippen LogP contribution in [0.4, 0.5) is 5.69 Å². The molecule has 0 aliphatic heterocycles. The normalized spacial score (nSPS) is 10.1. The zero-order chi connectivity index (χ0) is 16.5. The van der Waals surface area contributed by atoms with E-state index in [1.807, 2.05) is 6.92 Å². The van der Waals surface area contributed by atoms with Crippen molar-refractivity contribution in [1.29, 1.82) is 0 Å². The van der Waals surface area contributed by atoms with E-state index in [-0.39, 0.29) is 22.7 Å². The SMILES string of the molecule is CCCNCCNC(=O)c1cc(OC)c(OC)c([N+](=O)[O-])c1. The van der Waals surface area contributed by atoms with Crippen molar-refractivity contribution in [3.8, 4) is 11.5 Å². The maximum absolute atomic E-state index is 12.1. The number of nitrogens with zero attached hydrogens (tertiary/aromatic N) is 1. The molecule has 2 N–H and O–H groups in total. The Hall–Kier alpha value is -2.35. The number of hydrogen-bond acceptors (Lipinski definition) is 6. The fourth-order valence-corrected chi connectivity index (χ4v) is 1.88. The Labute approximate surface area is 128 Å². The topological polar surface area (TPSA) is 103 Å². The highest BCUT2D eigenvalue weighted by atomic mass is 16.6. The first-order chi connectivity index (χ1) is 10.5. The minimum atomic E-state index is -0.610. The lowest BCUT2D eigenvalue weighted by Gasteiger charge is -2.11. The molecule has 1 amide bonds. The van der Waals surface area contributed by atoms with E-state index in [4.69, 9.17) is 9.47 Å². The third-order valence-corrected chi connectivity index (χ3v) is 2.93. The highest BCUT2D eigenvalue weighted by molar-refractivity contribution is 5.96. The fourth-order valence-electron chi connectivity index (χ4n) is 1.88. The second kappa shape index (κ2) is 8.83. The van der Waals surface area contributed by atoms with Crippen LogP contribution < -0.4 is 20.1 Å². The van der Waals surface area contributed by atoms with E-state index in [0.717, 1.165) is 13.0 Å². The van der Waals surface area contributed by atoms with Crippen LogP contribution in [-0.4, -0.2) is 44.7 Å². The summed E-state index contributed by atoms with van der Waals surface area (Å²) in [5.74, 6) is -0.262. The standard InChI is InChI=1S/C14H21N3O5/c1-4-5-15-6-7-16-14(18)10-8-11(17(19)20)13(22-3)12(9-10)21-2/h8-9,15H,4-7H2,1-3H3,(H,16,18). The molecule has 0 saturated carbocycles. The van der Waals surface area contributed by atoms with Crippen molar-refractivity contribution in [2.45, 2.75) is 13.3 Å². The van der Waals surface area contributed by atoms with Gasteiger partial charge < -0.3 is 20.1 Å². The van der Waals surface area contributed by atoms with E-state index in [1.165, 1.54) is 26.4 Å². The Balaban J connectivity index is 2.88. The number of carbonyl (C=O) groups is 1. The molecule has 1 aromatic carbocycles. The van der Waals surface area contributed by atoms with Crippen molar-refractivity contribution in [3.63, 3.8) is 0 Å². The molecule has 122 valence electrons. The average Bonchev–Trinajstić information content (AvgIpc) is 2.52. The van der Waals surface area contributed by atoms with Gasteiger partial charge in [-0.15, -0.1) is 0 Å². The first-order valence-electron chi connectivity index (χ1n) is 6.94. The summed E-state index contributed by atoms with van der Waals surface area (Å²) in [6.07, 6.45) is 1.01. The molecule has 1 rings (SSSR count). The molecule has 0 aliphatic rings. The van der Waals surface area contributed by atoms with Crippen molar-refractivity contribution >= 4 is 11.6 Å². The van der Waals surface area contributed by atoms with Crippen LogP contribution in [0.5, 0.6) is 11.5 Å². The number of ether oxygens (including phenoxy) is 2. The maximum Gasteiger partial charge on any atom is 0.315 e. The lowest BCUT2D eigenvalue weighted by Crippen LogP contribution is -2.32. The smallest absolute Gasteiger partial charge is 0.315 e. The van der Waals surface area contributed by atoms with Crippen molar-refractivity contribution in [3.05, 3.63) is 27.8 Å². The van der Waals surface area contributed by atoms with Gasteiger partial charge in [0.2, 0.25) is 5.75 Å². The van der Waals surface area contributed by atoms with Crippen molar-refractivity contribution in [2.24, 2.45) is 0 Å². The van der Waals surface area contributed by atoms with Gasteiger partial charge in [0.25, 0.3) is 5.91 Å². The molecule has 0 atom stereocenters. The number of methoxy groups -OCH3 is 2. The summed E-state index contributed by atoms with van der Waals surface area (Å²) in [4.78, 5) is 22.5. The third-order valence-electron chi connectivity index (χ3n) is 2.93. The monoisotopic (exact) mass is 311 g/mol. The molecule has 0 fully saturated rings. The van der Waals surface area contributed by atoms with Crippen LogP contribution in [0.15, 0.2) is 12.1 Å². The molecule has 0 heterocycles. The number of benzene rings is 1. The van der Waals surface area contributed by atoms with Crippen LogP contribution in [0, 0.1) is 10.1 Å². The molecular weight excluding hydrogens is 290 g/mol. The van der Waals surface area contributed by atoms with Crippen molar-refractivity contribution in [2.75, 3.05) is 33.9 Å². The number of rotatable bonds is 9. The second-order valence-corrected chi connectivity index (χ2v) is 4.49. The number of nitro benzene ring substituents is 1. The molecule has 0 saturated heterocycles. The Morgan fingerprint density at radius 3 is 2.50 bits per heavy atom. The Bertz CT molecular complexity index is 533. The molecule has 22 heavy (non-hydrogen) atoms. The van der Waals surface area contributed by atoms with E-state index in [2.05, 4.69) is 10.6 Å². The molecule has 0 spiro atoms. The highest BCUT2D eigenvalue weighted by Crippen LogP contribution is 2.37. The molecule has 8 heteroatoms. The van der Waals surface area contributed by atoms with Crippen molar-refractivity contribution in [1.82, 2.24) is 10.6 Å². The molecule has 0 bridgehead atoms. The number of hydrogen-bond donors (Lipinski definition) is 2. The molecule has 0 aliphatic carbocycles.